The quantitative estimate of drug-likeness (QED) is 0.504. The first-order valence-electron chi connectivity index (χ1n) is 8.29. The number of nitrogens with zero attached hydrogens (tertiary/aromatic N) is 1. The van der Waals surface area contributed by atoms with Gasteiger partial charge in [0.1, 0.15) is 11.0 Å². The monoisotopic (exact) mass is 389 g/mol. The van der Waals surface area contributed by atoms with Crippen molar-refractivity contribution < 1.29 is 17.4 Å². The van der Waals surface area contributed by atoms with Crippen LogP contribution in [0.4, 0.5) is 13.2 Å². The van der Waals surface area contributed by atoms with Crippen molar-refractivity contribution in [2.75, 3.05) is 0 Å². The molecule has 140 valence electrons. The minimum atomic E-state index is -4.34. The topological polar surface area (TPSA) is 20.1 Å². The summed E-state index contributed by atoms with van der Waals surface area (Å²) in [4.78, 5) is 0. The average Bonchev–Trinajstić information content (AvgIpc) is 3.16. The van der Waals surface area contributed by atoms with E-state index in [0.717, 1.165) is 17.7 Å². The predicted octanol–water partition coefficient (Wildman–Crippen LogP) is 5.33. The van der Waals surface area contributed by atoms with E-state index in [-0.39, 0.29) is 12.1 Å². The van der Waals surface area contributed by atoms with E-state index in [2.05, 4.69) is 31.4 Å². The molecule has 0 aromatic heterocycles. The second-order valence-electron chi connectivity index (χ2n) is 8.50. The summed E-state index contributed by atoms with van der Waals surface area (Å²) in [5, 5.41) is 0. The fraction of sp³-hybridized carbons (Fsp3) is 0.556. The average molecular weight is 390 g/mol. The molecule has 0 bridgehead atoms. The first kappa shape index (κ1) is 20.4. The van der Waals surface area contributed by atoms with Gasteiger partial charge in [-0.2, -0.15) is 13.2 Å². The summed E-state index contributed by atoms with van der Waals surface area (Å²) in [5.74, 6) is 0. The van der Waals surface area contributed by atoms with Crippen molar-refractivity contribution in [3.05, 3.63) is 47.2 Å². The molecule has 0 saturated carbocycles. The number of halogens is 3. The zero-order valence-corrected chi connectivity index (χ0v) is 17.3. The summed E-state index contributed by atoms with van der Waals surface area (Å²) in [5.41, 5.74) is 2.32. The molecule has 1 aliphatic rings. The third-order valence-corrected chi connectivity index (χ3v) is 6.98. The SMILES string of the molecule is CC(C)(C)[S@@](=O)N1C(/C=C/[Si](C)(C)C)C1c1ccc(C(F)(F)F)cc1. The van der Waals surface area contributed by atoms with Gasteiger partial charge in [0.15, 0.2) is 0 Å². The summed E-state index contributed by atoms with van der Waals surface area (Å²) < 4.78 is 52.6. The zero-order valence-electron chi connectivity index (χ0n) is 15.5. The summed E-state index contributed by atoms with van der Waals surface area (Å²) in [6.45, 7) is 12.4. The van der Waals surface area contributed by atoms with Crippen molar-refractivity contribution in [2.45, 2.75) is 63.4 Å². The van der Waals surface area contributed by atoms with Crippen LogP contribution in [0, 0.1) is 0 Å². The number of alkyl halides is 3. The molecule has 1 saturated heterocycles. The minimum Gasteiger partial charge on any atom is -0.242 e. The fourth-order valence-electron chi connectivity index (χ4n) is 2.55. The molecular weight excluding hydrogens is 363 g/mol. The lowest BCUT2D eigenvalue weighted by molar-refractivity contribution is -0.137. The van der Waals surface area contributed by atoms with Crippen LogP contribution >= 0.6 is 0 Å². The molecule has 25 heavy (non-hydrogen) atoms. The number of benzene rings is 1. The van der Waals surface area contributed by atoms with Gasteiger partial charge in [-0.3, -0.25) is 0 Å². The molecule has 0 aliphatic carbocycles. The molecule has 1 fully saturated rings. The highest BCUT2D eigenvalue weighted by molar-refractivity contribution is 7.84. The molecular formula is C18H26F3NOSSi. The van der Waals surface area contributed by atoms with Crippen LogP contribution in [0.15, 0.2) is 36.0 Å². The summed E-state index contributed by atoms with van der Waals surface area (Å²) in [6.07, 6.45) is -2.26. The van der Waals surface area contributed by atoms with E-state index in [4.69, 9.17) is 0 Å². The van der Waals surface area contributed by atoms with Crippen LogP contribution in [0.2, 0.25) is 19.6 Å². The van der Waals surface area contributed by atoms with Crippen molar-refractivity contribution in [1.82, 2.24) is 4.31 Å². The van der Waals surface area contributed by atoms with Gasteiger partial charge in [-0.15, -0.1) is 0 Å². The molecule has 0 spiro atoms. The Balaban J connectivity index is 2.29. The third-order valence-electron chi connectivity index (χ3n) is 3.89. The summed E-state index contributed by atoms with van der Waals surface area (Å²) in [6, 6.07) is 5.06. The standard InChI is InChI=1S/C18H26F3NOSSi/c1-17(2,3)24(23)22-15(11-12-25(4,5)6)16(22)13-7-9-14(10-8-13)18(19,20)21/h7-12,15-16H,1-6H3/b12-11+/t15?,16?,22?,24-/m1/s1. The van der Waals surface area contributed by atoms with Crippen LogP contribution in [0.25, 0.3) is 0 Å². The third kappa shape index (κ3) is 5.05. The van der Waals surface area contributed by atoms with Gasteiger partial charge in [0.05, 0.1) is 30.5 Å². The Hall–Kier alpha value is -0.923. The van der Waals surface area contributed by atoms with Crippen molar-refractivity contribution in [3.8, 4) is 0 Å². The van der Waals surface area contributed by atoms with E-state index < -0.39 is 35.5 Å². The Morgan fingerprint density at radius 3 is 2.00 bits per heavy atom. The van der Waals surface area contributed by atoms with Crippen molar-refractivity contribution in [3.63, 3.8) is 0 Å². The molecule has 0 N–H and O–H groups in total. The Bertz CT molecular complexity index is 672. The summed E-state index contributed by atoms with van der Waals surface area (Å²) >= 11 is 0. The van der Waals surface area contributed by atoms with Crippen LogP contribution in [0.1, 0.15) is 37.9 Å². The number of hydrogen-bond donors (Lipinski definition) is 0. The first-order valence-corrected chi connectivity index (χ1v) is 13.0. The lowest BCUT2D eigenvalue weighted by Crippen LogP contribution is -2.28. The highest BCUT2D eigenvalue weighted by Gasteiger charge is 2.53. The maximum atomic E-state index is 12.8. The van der Waals surface area contributed by atoms with Crippen LogP contribution in [0.5, 0.6) is 0 Å². The van der Waals surface area contributed by atoms with Crippen LogP contribution in [-0.2, 0) is 17.2 Å². The molecule has 2 rings (SSSR count). The second-order valence-corrected chi connectivity index (χ2v) is 15.7. The Morgan fingerprint density at radius 1 is 1.08 bits per heavy atom. The molecule has 1 aromatic rings. The summed E-state index contributed by atoms with van der Waals surface area (Å²) in [7, 11) is -2.62. The zero-order chi connectivity index (χ0) is 19.2. The lowest BCUT2D eigenvalue weighted by Gasteiger charge is -2.19. The van der Waals surface area contributed by atoms with E-state index >= 15 is 0 Å². The van der Waals surface area contributed by atoms with E-state index in [9.17, 15) is 17.4 Å². The van der Waals surface area contributed by atoms with E-state index in [1.807, 2.05) is 25.1 Å². The molecule has 1 aliphatic heterocycles. The predicted molar refractivity (Wildman–Crippen MR) is 100 cm³/mol. The van der Waals surface area contributed by atoms with E-state index in [0.29, 0.717) is 0 Å². The maximum absolute atomic E-state index is 12.8. The lowest BCUT2D eigenvalue weighted by atomic mass is 10.1. The molecule has 4 atom stereocenters. The van der Waals surface area contributed by atoms with E-state index in [1.54, 1.807) is 0 Å². The maximum Gasteiger partial charge on any atom is 0.416 e. The van der Waals surface area contributed by atoms with Crippen molar-refractivity contribution >= 4 is 19.1 Å². The van der Waals surface area contributed by atoms with Gasteiger partial charge in [0, 0.05) is 0 Å². The molecule has 2 nitrogen and oxygen atoms in total. The smallest absolute Gasteiger partial charge is 0.242 e. The van der Waals surface area contributed by atoms with Gasteiger partial charge in [-0.25, -0.2) is 8.51 Å². The van der Waals surface area contributed by atoms with Gasteiger partial charge in [-0.05, 0) is 38.5 Å². The number of hydrogen-bond acceptors (Lipinski definition) is 1. The molecule has 0 amide bonds. The molecule has 7 heteroatoms. The van der Waals surface area contributed by atoms with Gasteiger partial charge in [-0.1, -0.05) is 43.5 Å². The highest BCUT2D eigenvalue weighted by atomic mass is 32.2. The highest BCUT2D eigenvalue weighted by Crippen LogP contribution is 2.48. The largest absolute Gasteiger partial charge is 0.416 e. The van der Waals surface area contributed by atoms with Gasteiger partial charge >= 0.3 is 6.18 Å². The number of rotatable bonds is 4. The van der Waals surface area contributed by atoms with Gasteiger partial charge in [0.2, 0.25) is 0 Å². The van der Waals surface area contributed by atoms with E-state index in [1.165, 1.54) is 12.1 Å². The van der Waals surface area contributed by atoms with Crippen LogP contribution < -0.4 is 0 Å². The molecule has 3 unspecified atom stereocenters. The fourth-order valence-corrected chi connectivity index (χ4v) is 4.76. The molecule has 1 aromatic carbocycles. The van der Waals surface area contributed by atoms with Gasteiger partial charge < -0.3 is 0 Å². The minimum absolute atomic E-state index is 0.0245. The van der Waals surface area contributed by atoms with Crippen LogP contribution in [-0.4, -0.2) is 27.4 Å². The molecule has 0 radical (unpaired) electrons. The first-order chi connectivity index (χ1) is 11.2. The van der Waals surface area contributed by atoms with Gasteiger partial charge in [0.25, 0.3) is 0 Å². The van der Waals surface area contributed by atoms with Crippen LogP contribution in [0.3, 0.4) is 0 Å². The Kier molecular flexibility index (Phi) is 5.44. The Labute approximate surface area is 151 Å². The van der Waals surface area contributed by atoms with Crippen molar-refractivity contribution in [2.24, 2.45) is 0 Å². The normalized spacial score (nSPS) is 26.0. The Morgan fingerprint density at radius 2 is 1.60 bits per heavy atom. The van der Waals surface area contributed by atoms with Crippen molar-refractivity contribution in [1.29, 1.82) is 0 Å². The second kappa shape index (κ2) is 6.67. The molecule has 1 heterocycles.